The number of benzene rings is 4. The van der Waals surface area contributed by atoms with Gasteiger partial charge in [0.25, 0.3) is 0 Å². The molecule has 7 aromatic rings. The molecular weight excluding hydrogens is 437 g/mol. The first-order chi connectivity index (χ1) is 15.3. The maximum Gasteiger partial charge on any atom is 0.123 e. The second-order valence-corrected chi connectivity index (χ2v) is 10.5. The van der Waals surface area contributed by atoms with Crippen LogP contribution >= 0.6 is 34.0 Å². The van der Waals surface area contributed by atoms with E-state index in [0.29, 0.717) is 0 Å². The summed E-state index contributed by atoms with van der Waals surface area (Å²) in [5.41, 5.74) is 2.36. The zero-order valence-corrected chi connectivity index (χ0v) is 18.7. The highest BCUT2D eigenvalue weighted by Gasteiger charge is 2.11. The molecule has 0 saturated carbocycles. The van der Waals surface area contributed by atoms with Gasteiger partial charge in [0, 0.05) is 54.5 Å². The molecule has 0 spiro atoms. The van der Waals surface area contributed by atoms with E-state index in [1.54, 1.807) is 22.7 Å². The standard InChI is InChI=1S/C26H14N2S3/c1-3-17(25-27-5-7-29-25)9-19-11-21-22-12-20-10-18(26-28-6-8-30-26)4-2-16(20)14-24(22)31-23(21)13-15(1)19/h1-14H. The lowest BCUT2D eigenvalue weighted by Crippen LogP contribution is -1.79. The van der Waals surface area contributed by atoms with Gasteiger partial charge in [0.15, 0.2) is 0 Å². The minimum absolute atomic E-state index is 1.07. The van der Waals surface area contributed by atoms with Gasteiger partial charge in [0.05, 0.1) is 0 Å². The fourth-order valence-corrected chi connectivity index (χ4v) is 6.70. The van der Waals surface area contributed by atoms with Gasteiger partial charge in [-0.1, -0.05) is 24.3 Å². The summed E-state index contributed by atoms with van der Waals surface area (Å²) in [5, 5.41) is 13.9. The third-order valence-corrected chi connectivity index (χ3v) is 8.51. The molecule has 0 bridgehead atoms. The Kier molecular flexibility index (Phi) is 3.79. The van der Waals surface area contributed by atoms with Gasteiger partial charge in [-0.05, 0) is 57.9 Å². The highest BCUT2D eigenvalue weighted by atomic mass is 32.1. The second kappa shape index (κ2) is 6.69. The SMILES string of the molecule is c1csc(-c2ccc3cc4sc5cc6ccc(-c7nccs7)cc6cc5c4cc3c2)n1. The van der Waals surface area contributed by atoms with Crippen LogP contribution in [0.4, 0.5) is 0 Å². The minimum Gasteiger partial charge on any atom is -0.245 e. The molecule has 0 aliphatic heterocycles. The van der Waals surface area contributed by atoms with E-state index < -0.39 is 0 Å². The number of aromatic nitrogens is 2. The van der Waals surface area contributed by atoms with Crippen LogP contribution in [0, 0.1) is 0 Å². The van der Waals surface area contributed by atoms with Gasteiger partial charge < -0.3 is 0 Å². The van der Waals surface area contributed by atoms with E-state index in [4.69, 9.17) is 0 Å². The van der Waals surface area contributed by atoms with Gasteiger partial charge in [0.1, 0.15) is 10.0 Å². The highest BCUT2D eigenvalue weighted by Crippen LogP contribution is 2.40. The van der Waals surface area contributed by atoms with Crippen molar-refractivity contribution in [3.05, 3.63) is 83.8 Å². The summed E-state index contributed by atoms with van der Waals surface area (Å²) in [4.78, 5) is 8.95. The summed E-state index contributed by atoms with van der Waals surface area (Å²) in [5.74, 6) is 0. The van der Waals surface area contributed by atoms with Crippen LogP contribution in [-0.2, 0) is 0 Å². The average Bonchev–Trinajstić information content (AvgIpc) is 3.57. The van der Waals surface area contributed by atoms with Crippen LogP contribution in [0.5, 0.6) is 0 Å². The monoisotopic (exact) mass is 450 g/mol. The molecule has 7 rings (SSSR count). The van der Waals surface area contributed by atoms with Gasteiger partial charge in [-0.25, -0.2) is 9.97 Å². The number of thiazole rings is 2. The van der Waals surface area contributed by atoms with Crippen molar-refractivity contribution in [1.82, 2.24) is 9.97 Å². The van der Waals surface area contributed by atoms with Crippen molar-refractivity contribution in [3.63, 3.8) is 0 Å². The second-order valence-electron chi connectivity index (χ2n) is 7.60. The predicted molar refractivity (Wildman–Crippen MR) is 137 cm³/mol. The Balaban J connectivity index is 1.47. The first-order valence-electron chi connectivity index (χ1n) is 9.95. The highest BCUT2D eigenvalue weighted by molar-refractivity contribution is 7.26. The van der Waals surface area contributed by atoms with Crippen LogP contribution in [0.15, 0.2) is 83.8 Å². The van der Waals surface area contributed by atoms with E-state index in [1.165, 1.54) is 52.8 Å². The summed E-state index contributed by atoms with van der Waals surface area (Å²) in [6, 6.07) is 22.6. The smallest absolute Gasteiger partial charge is 0.123 e. The quantitative estimate of drug-likeness (QED) is 0.263. The predicted octanol–water partition coefficient (Wildman–Crippen LogP) is 8.61. The van der Waals surface area contributed by atoms with Crippen LogP contribution < -0.4 is 0 Å². The van der Waals surface area contributed by atoms with Crippen LogP contribution in [0.25, 0.3) is 62.9 Å². The molecule has 0 radical (unpaired) electrons. The Bertz CT molecular complexity index is 1600. The zero-order chi connectivity index (χ0) is 20.4. The normalized spacial score (nSPS) is 11.9. The summed E-state index contributed by atoms with van der Waals surface area (Å²) in [7, 11) is 0. The van der Waals surface area contributed by atoms with E-state index >= 15 is 0 Å². The lowest BCUT2D eigenvalue weighted by atomic mass is 10.0. The van der Waals surface area contributed by atoms with Gasteiger partial charge in [-0.15, -0.1) is 34.0 Å². The summed E-state index contributed by atoms with van der Waals surface area (Å²) in [6.07, 6.45) is 3.73. The van der Waals surface area contributed by atoms with Crippen LogP contribution in [0.2, 0.25) is 0 Å². The van der Waals surface area contributed by atoms with E-state index in [-0.39, 0.29) is 0 Å². The largest absolute Gasteiger partial charge is 0.245 e. The summed E-state index contributed by atoms with van der Waals surface area (Å²) in [6.45, 7) is 0. The maximum absolute atomic E-state index is 4.48. The molecule has 5 heteroatoms. The van der Waals surface area contributed by atoms with E-state index in [0.717, 1.165) is 10.0 Å². The van der Waals surface area contributed by atoms with Crippen molar-refractivity contribution >= 4 is 75.7 Å². The van der Waals surface area contributed by atoms with Crippen molar-refractivity contribution in [2.24, 2.45) is 0 Å². The zero-order valence-electron chi connectivity index (χ0n) is 16.2. The number of rotatable bonds is 2. The first kappa shape index (κ1) is 17.5. The molecule has 3 heterocycles. The third kappa shape index (κ3) is 2.82. The topological polar surface area (TPSA) is 25.8 Å². The maximum atomic E-state index is 4.48. The summed E-state index contributed by atoms with van der Waals surface area (Å²) < 4.78 is 2.67. The fraction of sp³-hybridized carbons (Fsp3) is 0. The van der Waals surface area contributed by atoms with Crippen molar-refractivity contribution in [3.8, 4) is 21.1 Å². The molecule has 0 N–H and O–H groups in total. The van der Waals surface area contributed by atoms with Crippen molar-refractivity contribution in [1.29, 1.82) is 0 Å². The molecule has 0 saturated heterocycles. The van der Waals surface area contributed by atoms with E-state index in [1.807, 2.05) is 34.5 Å². The molecule has 146 valence electrons. The van der Waals surface area contributed by atoms with Gasteiger partial charge in [-0.2, -0.15) is 0 Å². The molecule has 0 fully saturated rings. The van der Waals surface area contributed by atoms with Gasteiger partial charge in [-0.3, -0.25) is 0 Å². The third-order valence-electron chi connectivity index (χ3n) is 5.75. The number of fused-ring (bicyclic) bond motifs is 5. The number of hydrogen-bond donors (Lipinski definition) is 0. The Morgan fingerprint density at radius 1 is 0.516 bits per heavy atom. The fourth-order valence-electron chi connectivity index (χ4n) is 4.26. The molecule has 2 nitrogen and oxygen atoms in total. The Morgan fingerprint density at radius 2 is 1.03 bits per heavy atom. The molecule has 0 amide bonds. The van der Waals surface area contributed by atoms with Crippen molar-refractivity contribution in [2.75, 3.05) is 0 Å². The molecule has 0 aliphatic rings. The lowest BCUT2D eigenvalue weighted by molar-refractivity contribution is 1.42. The molecule has 4 aromatic carbocycles. The van der Waals surface area contributed by atoms with E-state index in [2.05, 4.69) is 70.6 Å². The molecule has 3 aromatic heterocycles. The Morgan fingerprint density at radius 3 is 1.48 bits per heavy atom. The number of hydrogen-bond acceptors (Lipinski definition) is 5. The van der Waals surface area contributed by atoms with Gasteiger partial charge >= 0.3 is 0 Å². The lowest BCUT2D eigenvalue weighted by Gasteiger charge is -2.04. The number of thiophene rings is 1. The van der Waals surface area contributed by atoms with Crippen LogP contribution in [0.1, 0.15) is 0 Å². The molecule has 0 unspecified atom stereocenters. The number of nitrogens with zero attached hydrogens (tertiary/aromatic N) is 2. The van der Waals surface area contributed by atoms with Crippen molar-refractivity contribution < 1.29 is 0 Å². The summed E-state index contributed by atoms with van der Waals surface area (Å²) >= 11 is 5.24. The van der Waals surface area contributed by atoms with Crippen LogP contribution in [0.3, 0.4) is 0 Å². The van der Waals surface area contributed by atoms with Crippen molar-refractivity contribution in [2.45, 2.75) is 0 Å². The molecule has 0 aliphatic carbocycles. The van der Waals surface area contributed by atoms with Gasteiger partial charge in [0.2, 0.25) is 0 Å². The van der Waals surface area contributed by atoms with Crippen LogP contribution in [-0.4, -0.2) is 9.97 Å². The Labute approximate surface area is 190 Å². The Hall–Kier alpha value is -3.12. The first-order valence-corrected chi connectivity index (χ1v) is 12.5. The van der Waals surface area contributed by atoms with E-state index in [9.17, 15) is 0 Å². The molecule has 31 heavy (non-hydrogen) atoms. The molecule has 0 atom stereocenters. The molecular formula is C26H14N2S3. The minimum atomic E-state index is 1.07. The average molecular weight is 451 g/mol.